The Morgan fingerprint density at radius 3 is 1.08 bits per heavy atom. The van der Waals surface area contributed by atoms with Crippen LogP contribution in [0, 0.1) is 22.9 Å². The highest BCUT2D eigenvalue weighted by molar-refractivity contribution is 6.88. The van der Waals surface area contributed by atoms with Gasteiger partial charge in [0, 0.05) is 11.1 Å². The molecule has 0 radical (unpaired) electrons. The quantitative estimate of drug-likeness (QED) is 0.564. The molecule has 2 N–H and O–H groups in total. The predicted octanol–water partition coefficient (Wildman–Crippen LogP) is 4.37. The Balaban J connectivity index is 5.92. The molecule has 24 heavy (non-hydrogen) atoms. The first-order valence-electron chi connectivity index (χ1n) is 8.59. The topological polar surface area (TPSA) is 40.5 Å². The van der Waals surface area contributed by atoms with Crippen molar-refractivity contribution in [3.8, 4) is 22.9 Å². The Morgan fingerprint density at radius 1 is 0.667 bits per heavy atom. The molecule has 0 aliphatic carbocycles. The van der Waals surface area contributed by atoms with E-state index < -0.39 is 16.1 Å². The Bertz CT molecular complexity index is 538. The highest BCUT2D eigenvalue weighted by Gasteiger charge is 2.34. The first-order valence-corrected chi connectivity index (χ1v) is 14.6. The van der Waals surface area contributed by atoms with Gasteiger partial charge in [-0.05, 0) is 10.1 Å². The minimum Gasteiger partial charge on any atom is -0.391 e. The lowest BCUT2D eigenvalue weighted by molar-refractivity contribution is 0.319. The van der Waals surface area contributed by atoms with Crippen LogP contribution in [-0.2, 0) is 0 Å². The average Bonchev–Trinajstić information content (AvgIpc) is 2.39. The third-order valence-electron chi connectivity index (χ3n) is 5.48. The van der Waals surface area contributed by atoms with Gasteiger partial charge in [-0.1, -0.05) is 79.6 Å². The summed E-state index contributed by atoms with van der Waals surface area (Å²) in [5.41, 5.74) is 7.92. The lowest BCUT2D eigenvalue weighted by Gasteiger charge is -2.31. The second kappa shape index (κ2) is 8.06. The highest BCUT2D eigenvalue weighted by atomic mass is 28.3. The zero-order valence-corrected chi connectivity index (χ0v) is 19.3. The predicted molar refractivity (Wildman–Crippen MR) is 111 cm³/mol. The smallest absolute Gasteiger partial charge is 0.138 e. The second-order valence-corrected chi connectivity index (χ2v) is 19.5. The third kappa shape index (κ3) is 6.26. The van der Waals surface area contributed by atoms with Crippen molar-refractivity contribution < 1.29 is 10.2 Å². The summed E-state index contributed by atoms with van der Waals surface area (Å²) in [5.74, 6) is 6.27. The van der Waals surface area contributed by atoms with Crippen molar-refractivity contribution in [2.24, 2.45) is 0 Å². The molecule has 0 heterocycles. The van der Waals surface area contributed by atoms with Crippen LogP contribution in [0.1, 0.15) is 41.5 Å². The lowest BCUT2D eigenvalue weighted by atomic mass is 10.1. The number of hydrogen-bond donors (Lipinski definition) is 2. The molecule has 0 bridgehead atoms. The minimum atomic E-state index is -1.76. The number of aliphatic hydroxyl groups is 2. The summed E-state index contributed by atoms with van der Waals surface area (Å²) in [4.78, 5) is 0. The molecule has 4 heteroatoms. The van der Waals surface area contributed by atoms with Crippen LogP contribution in [0.3, 0.4) is 0 Å². The molecule has 0 rings (SSSR count). The molecule has 0 aliphatic heterocycles. The van der Waals surface area contributed by atoms with Gasteiger partial charge in [0.15, 0.2) is 0 Å². The zero-order valence-electron chi connectivity index (χ0n) is 17.3. The Hall–Kier alpha value is -0.786. The number of rotatable bonds is 2. The van der Waals surface area contributed by atoms with E-state index in [1.54, 1.807) is 0 Å². The van der Waals surface area contributed by atoms with E-state index >= 15 is 0 Å². The molecule has 0 amide bonds. The van der Waals surface area contributed by atoms with Crippen LogP contribution in [0.4, 0.5) is 0 Å². The monoisotopic (exact) mass is 364 g/mol. The molecule has 2 nitrogen and oxygen atoms in total. The molecular formula is C20H36O2Si2. The van der Waals surface area contributed by atoms with Crippen LogP contribution in [0.15, 0.2) is 11.1 Å². The van der Waals surface area contributed by atoms with Gasteiger partial charge in [0.25, 0.3) is 0 Å². The van der Waals surface area contributed by atoms with Crippen molar-refractivity contribution in [3.05, 3.63) is 11.1 Å². The van der Waals surface area contributed by atoms with Gasteiger partial charge in [0.2, 0.25) is 0 Å². The van der Waals surface area contributed by atoms with Gasteiger partial charge in [-0.2, -0.15) is 0 Å². The lowest BCUT2D eigenvalue weighted by Crippen LogP contribution is -2.35. The molecule has 136 valence electrons. The van der Waals surface area contributed by atoms with E-state index in [-0.39, 0.29) is 23.3 Å². The van der Waals surface area contributed by atoms with Crippen molar-refractivity contribution in [1.82, 2.24) is 0 Å². The van der Waals surface area contributed by atoms with Gasteiger partial charge < -0.3 is 10.2 Å². The molecule has 0 saturated heterocycles. The SMILES string of the molecule is CC(C)(C)[Si](C)(C)C#C/C(CO)=C(/C#C[Si](C)(C)C(C)(C)C)CO. The molecule has 0 unspecified atom stereocenters. The van der Waals surface area contributed by atoms with E-state index in [0.29, 0.717) is 11.1 Å². The van der Waals surface area contributed by atoms with E-state index in [9.17, 15) is 10.2 Å². The minimum absolute atomic E-state index is 0.159. The normalized spacial score (nSPS) is 14.2. The van der Waals surface area contributed by atoms with Gasteiger partial charge >= 0.3 is 0 Å². The third-order valence-corrected chi connectivity index (χ3v) is 14.5. The summed E-state index contributed by atoms with van der Waals surface area (Å²) < 4.78 is 0. The van der Waals surface area contributed by atoms with Gasteiger partial charge in [-0.25, -0.2) is 0 Å². The van der Waals surface area contributed by atoms with Gasteiger partial charge in [-0.15, -0.1) is 11.1 Å². The fourth-order valence-corrected chi connectivity index (χ4v) is 2.94. The van der Waals surface area contributed by atoms with Crippen molar-refractivity contribution in [3.63, 3.8) is 0 Å². The van der Waals surface area contributed by atoms with E-state index in [1.165, 1.54) is 0 Å². The highest BCUT2D eigenvalue weighted by Crippen LogP contribution is 2.36. The van der Waals surface area contributed by atoms with Crippen LogP contribution in [0.2, 0.25) is 36.3 Å². The maximum atomic E-state index is 9.70. The Labute approximate surface area is 151 Å². The van der Waals surface area contributed by atoms with Crippen molar-refractivity contribution in [2.75, 3.05) is 13.2 Å². The summed E-state index contributed by atoms with van der Waals surface area (Å²) in [5, 5.41) is 19.7. The Morgan fingerprint density at radius 2 is 0.917 bits per heavy atom. The molecule has 0 fully saturated rings. The summed E-state index contributed by atoms with van der Waals surface area (Å²) in [6, 6.07) is 0. The largest absolute Gasteiger partial charge is 0.391 e. The van der Waals surface area contributed by atoms with Crippen molar-refractivity contribution in [1.29, 1.82) is 0 Å². The van der Waals surface area contributed by atoms with E-state index in [0.717, 1.165) is 0 Å². The van der Waals surface area contributed by atoms with Crippen LogP contribution >= 0.6 is 0 Å². The van der Waals surface area contributed by atoms with Gasteiger partial charge in [0.1, 0.15) is 16.1 Å². The standard InChI is InChI=1S/C20H36O2Si2/c1-19(2,3)23(7,8)13-11-17(15-21)18(16-22)12-14-24(9,10)20(4,5)6/h21-22H,15-16H2,1-10H3/b18-17+. The first kappa shape index (κ1) is 23.2. The maximum Gasteiger partial charge on any atom is 0.138 e. The van der Waals surface area contributed by atoms with E-state index in [1.807, 2.05) is 0 Å². The van der Waals surface area contributed by atoms with Crippen molar-refractivity contribution >= 4 is 16.1 Å². The average molecular weight is 365 g/mol. The molecule has 0 atom stereocenters. The van der Waals surface area contributed by atoms with E-state index in [4.69, 9.17) is 0 Å². The summed E-state index contributed by atoms with van der Waals surface area (Å²) >= 11 is 0. The summed E-state index contributed by atoms with van der Waals surface area (Å²) in [6.07, 6.45) is 0. The first-order chi connectivity index (χ1) is 10.6. The Kier molecular flexibility index (Phi) is 7.80. The van der Waals surface area contributed by atoms with E-state index in [2.05, 4.69) is 90.7 Å². The van der Waals surface area contributed by atoms with Gasteiger partial charge in [-0.3, -0.25) is 0 Å². The fraction of sp³-hybridized carbons (Fsp3) is 0.700. The fourth-order valence-electron chi connectivity index (χ4n) is 1.26. The van der Waals surface area contributed by atoms with Gasteiger partial charge in [0.05, 0.1) is 13.2 Å². The molecule has 0 aromatic rings. The molecule has 0 aliphatic rings. The molecular weight excluding hydrogens is 328 g/mol. The zero-order chi connectivity index (χ0) is 19.4. The van der Waals surface area contributed by atoms with Crippen LogP contribution < -0.4 is 0 Å². The maximum absolute atomic E-state index is 9.70. The number of aliphatic hydroxyl groups excluding tert-OH is 2. The van der Waals surface area contributed by atoms with Crippen LogP contribution in [0.25, 0.3) is 0 Å². The molecule has 0 aromatic carbocycles. The number of hydrogen-bond acceptors (Lipinski definition) is 2. The van der Waals surface area contributed by atoms with Crippen LogP contribution in [-0.4, -0.2) is 39.6 Å². The summed E-state index contributed by atoms with van der Waals surface area (Å²) in [6.45, 7) is 21.8. The van der Waals surface area contributed by atoms with Crippen LogP contribution in [0.5, 0.6) is 0 Å². The molecule has 0 spiro atoms. The van der Waals surface area contributed by atoms with Crippen molar-refractivity contribution in [2.45, 2.75) is 77.8 Å². The molecule has 0 saturated carbocycles. The summed E-state index contributed by atoms with van der Waals surface area (Å²) in [7, 11) is -3.52. The second-order valence-electron chi connectivity index (χ2n) is 9.52. The molecule has 0 aromatic heterocycles.